The Kier molecular flexibility index (Phi) is 2.11. The van der Waals surface area contributed by atoms with E-state index < -0.39 is 0 Å². The molecule has 2 heterocycles. The summed E-state index contributed by atoms with van der Waals surface area (Å²) in [5, 5.41) is 0. The molecule has 0 spiro atoms. The highest BCUT2D eigenvalue weighted by molar-refractivity contribution is 5.12. The Hall–Kier alpha value is -0.380. The van der Waals surface area contributed by atoms with Gasteiger partial charge in [0.1, 0.15) is 0 Å². The highest BCUT2D eigenvalue weighted by Gasteiger charge is 2.52. The van der Waals surface area contributed by atoms with Gasteiger partial charge in [-0.25, -0.2) is 0 Å². The molecule has 2 aliphatic heterocycles. The van der Waals surface area contributed by atoms with E-state index in [9.17, 15) is 0 Å². The lowest BCUT2D eigenvalue weighted by atomic mass is 9.68. The second-order valence-corrected chi connectivity index (χ2v) is 4.63. The van der Waals surface area contributed by atoms with Gasteiger partial charge in [-0.05, 0) is 12.8 Å². The van der Waals surface area contributed by atoms with Crippen molar-refractivity contribution in [3.63, 3.8) is 0 Å². The van der Waals surface area contributed by atoms with Crippen LogP contribution in [0.5, 0.6) is 0 Å². The number of nitrogens with zero attached hydrogens (tertiary/aromatic N) is 1. The molecule has 0 amide bonds. The Morgan fingerprint density at radius 3 is 2.86 bits per heavy atom. The minimum atomic E-state index is 0.347. The highest BCUT2D eigenvalue weighted by atomic mass is 16.5. The van der Waals surface area contributed by atoms with E-state index in [2.05, 4.69) is 17.1 Å². The van der Waals surface area contributed by atoms with Crippen LogP contribution in [0.4, 0.5) is 0 Å². The molecule has 0 radical (unpaired) electrons. The van der Waals surface area contributed by atoms with Crippen molar-refractivity contribution in [2.75, 3.05) is 19.7 Å². The molecule has 1 saturated carbocycles. The molecule has 2 N–H and O–H groups in total. The fourth-order valence-electron chi connectivity index (χ4n) is 3.11. The van der Waals surface area contributed by atoms with Crippen molar-refractivity contribution in [3.05, 3.63) is 12.2 Å². The van der Waals surface area contributed by atoms with E-state index in [1.54, 1.807) is 0 Å². The van der Waals surface area contributed by atoms with E-state index in [4.69, 9.17) is 10.5 Å². The van der Waals surface area contributed by atoms with E-state index in [0.717, 1.165) is 19.7 Å². The molecule has 0 aromatic rings. The molecule has 3 heteroatoms. The Morgan fingerprint density at radius 2 is 2.07 bits per heavy atom. The normalized spacial score (nSPS) is 47.5. The van der Waals surface area contributed by atoms with Crippen molar-refractivity contribution < 1.29 is 4.74 Å². The van der Waals surface area contributed by atoms with E-state index in [-0.39, 0.29) is 0 Å². The van der Waals surface area contributed by atoms with Crippen LogP contribution in [0.1, 0.15) is 12.8 Å². The van der Waals surface area contributed by atoms with Gasteiger partial charge in [-0.2, -0.15) is 0 Å². The maximum absolute atomic E-state index is 6.21. The van der Waals surface area contributed by atoms with Gasteiger partial charge in [0.05, 0.1) is 12.1 Å². The summed E-state index contributed by atoms with van der Waals surface area (Å²) >= 11 is 0. The fraction of sp³-hybridized carbons (Fsp3) is 0.818. The summed E-state index contributed by atoms with van der Waals surface area (Å²) < 4.78 is 5.82. The van der Waals surface area contributed by atoms with Gasteiger partial charge in [0.2, 0.25) is 0 Å². The second kappa shape index (κ2) is 3.33. The smallest absolute Gasteiger partial charge is 0.0789 e. The van der Waals surface area contributed by atoms with Crippen LogP contribution < -0.4 is 5.73 Å². The van der Waals surface area contributed by atoms with Crippen LogP contribution >= 0.6 is 0 Å². The first-order valence-electron chi connectivity index (χ1n) is 5.64. The quantitative estimate of drug-likeness (QED) is 0.613. The van der Waals surface area contributed by atoms with Crippen LogP contribution in [0, 0.1) is 5.92 Å². The van der Waals surface area contributed by atoms with Crippen molar-refractivity contribution in [3.8, 4) is 0 Å². The van der Waals surface area contributed by atoms with Crippen LogP contribution in [0.15, 0.2) is 12.2 Å². The number of fused-ring (bicyclic) bond motifs is 1. The van der Waals surface area contributed by atoms with Gasteiger partial charge in [-0.3, -0.25) is 4.90 Å². The van der Waals surface area contributed by atoms with Gasteiger partial charge in [0.15, 0.2) is 0 Å². The Labute approximate surface area is 84.9 Å². The van der Waals surface area contributed by atoms with Crippen LogP contribution in [-0.2, 0) is 4.74 Å². The Morgan fingerprint density at radius 1 is 1.29 bits per heavy atom. The summed E-state index contributed by atoms with van der Waals surface area (Å²) in [6.45, 7) is 3.06. The maximum atomic E-state index is 6.21. The topological polar surface area (TPSA) is 38.5 Å². The highest BCUT2D eigenvalue weighted by Crippen LogP contribution is 2.40. The van der Waals surface area contributed by atoms with Crippen LogP contribution in [0.2, 0.25) is 0 Å². The Balaban J connectivity index is 1.69. The van der Waals surface area contributed by atoms with Gasteiger partial charge in [-0.15, -0.1) is 0 Å². The van der Waals surface area contributed by atoms with Crippen molar-refractivity contribution in [1.29, 1.82) is 0 Å². The summed E-state index contributed by atoms with van der Waals surface area (Å²) in [6.07, 6.45) is 7.34. The average molecular weight is 194 g/mol. The van der Waals surface area contributed by atoms with Gasteiger partial charge in [0.25, 0.3) is 0 Å². The number of ether oxygens (including phenoxy) is 1. The molecule has 1 saturated heterocycles. The van der Waals surface area contributed by atoms with Crippen molar-refractivity contribution in [2.24, 2.45) is 11.7 Å². The SMILES string of the molecule is NC1C2CCCOC2C1N1CC=CC1. The summed E-state index contributed by atoms with van der Waals surface area (Å²) in [7, 11) is 0. The average Bonchev–Trinajstić information content (AvgIpc) is 2.70. The lowest BCUT2D eigenvalue weighted by molar-refractivity contribution is -0.149. The molecular weight excluding hydrogens is 176 g/mol. The van der Waals surface area contributed by atoms with E-state index >= 15 is 0 Å². The molecule has 2 fully saturated rings. The van der Waals surface area contributed by atoms with Crippen molar-refractivity contribution in [1.82, 2.24) is 4.90 Å². The largest absolute Gasteiger partial charge is 0.376 e. The molecule has 3 aliphatic rings. The molecule has 0 bridgehead atoms. The lowest BCUT2D eigenvalue weighted by Crippen LogP contribution is -2.71. The van der Waals surface area contributed by atoms with Crippen LogP contribution in [-0.4, -0.2) is 42.8 Å². The van der Waals surface area contributed by atoms with Gasteiger partial charge in [0, 0.05) is 31.7 Å². The predicted molar refractivity (Wildman–Crippen MR) is 54.9 cm³/mol. The molecule has 3 nitrogen and oxygen atoms in total. The Bertz CT molecular complexity index is 246. The van der Waals surface area contributed by atoms with Crippen LogP contribution in [0.25, 0.3) is 0 Å². The molecule has 78 valence electrons. The standard InChI is InChI=1S/C11H18N2O/c12-9-8-4-3-7-14-11(8)10(9)13-5-1-2-6-13/h1-2,8-11H,3-7,12H2. The molecule has 4 unspecified atom stereocenters. The minimum absolute atomic E-state index is 0.347. The van der Waals surface area contributed by atoms with E-state index in [0.29, 0.717) is 24.1 Å². The molecule has 0 aromatic heterocycles. The van der Waals surface area contributed by atoms with Crippen LogP contribution in [0.3, 0.4) is 0 Å². The van der Waals surface area contributed by atoms with Crippen molar-refractivity contribution >= 4 is 0 Å². The van der Waals surface area contributed by atoms with E-state index in [1.165, 1.54) is 12.8 Å². The fourth-order valence-corrected chi connectivity index (χ4v) is 3.11. The summed E-state index contributed by atoms with van der Waals surface area (Å²) in [4.78, 5) is 2.44. The molecule has 4 atom stereocenters. The second-order valence-electron chi connectivity index (χ2n) is 4.63. The zero-order chi connectivity index (χ0) is 9.54. The van der Waals surface area contributed by atoms with Crippen molar-refractivity contribution in [2.45, 2.75) is 31.0 Å². The molecular formula is C11H18N2O. The monoisotopic (exact) mass is 194 g/mol. The number of hydrogen-bond acceptors (Lipinski definition) is 3. The first-order chi connectivity index (χ1) is 6.88. The maximum Gasteiger partial charge on any atom is 0.0789 e. The molecule has 14 heavy (non-hydrogen) atoms. The summed E-state index contributed by atoms with van der Waals surface area (Å²) in [5.41, 5.74) is 6.21. The first-order valence-corrected chi connectivity index (χ1v) is 5.64. The lowest BCUT2D eigenvalue weighted by Gasteiger charge is -2.55. The zero-order valence-corrected chi connectivity index (χ0v) is 8.43. The minimum Gasteiger partial charge on any atom is -0.376 e. The van der Waals surface area contributed by atoms with Gasteiger partial charge >= 0.3 is 0 Å². The first kappa shape index (κ1) is 8.89. The van der Waals surface area contributed by atoms with Gasteiger partial charge < -0.3 is 10.5 Å². The third-order valence-corrected chi connectivity index (χ3v) is 3.91. The summed E-state index contributed by atoms with van der Waals surface area (Å²) in [5.74, 6) is 0.634. The van der Waals surface area contributed by atoms with Gasteiger partial charge in [-0.1, -0.05) is 12.2 Å². The molecule has 0 aromatic carbocycles. The molecule has 1 aliphatic carbocycles. The predicted octanol–water partition coefficient (Wildman–Crippen LogP) is 0.363. The third kappa shape index (κ3) is 1.16. The summed E-state index contributed by atoms with van der Waals surface area (Å²) in [6, 6.07) is 0.829. The third-order valence-electron chi connectivity index (χ3n) is 3.91. The number of rotatable bonds is 1. The number of nitrogens with two attached hydrogens (primary N) is 1. The van der Waals surface area contributed by atoms with E-state index in [1.807, 2.05) is 0 Å². The number of hydrogen-bond donors (Lipinski definition) is 1. The molecule has 3 rings (SSSR count). The zero-order valence-electron chi connectivity index (χ0n) is 8.43.